The van der Waals surface area contributed by atoms with E-state index in [2.05, 4.69) is 9.71 Å². The quantitative estimate of drug-likeness (QED) is 0.343. The van der Waals surface area contributed by atoms with Gasteiger partial charge in [0, 0.05) is 51.6 Å². The molecule has 4 rings (SSSR count). The molecule has 1 aliphatic rings. The van der Waals surface area contributed by atoms with Gasteiger partial charge in [0.15, 0.2) is 5.03 Å². The van der Waals surface area contributed by atoms with Crippen LogP contribution in [0.1, 0.15) is 50.4 Å². The summed E-state index contributed by atoms with van der Waals surface area (Å²) < 4.78 is 70.5. The fraction of sp³-hybridized carbons (Fsp3) is 0.500. The molecule has 258 valence electrons. The summed E-state index contributed by atoms with van der Waals surface area (Å²) in [4.78, 5) is 19.9. The zero-order valence-corrected chi connectivity index (χ0v) is 29.1. The Bertz CT molecular complexity index is 1720. The molecule has 1 aromatic heterocycles. The van der Waals surface area contributed by atoms with Gasteiger partial charge in [-0.15, -0.1) is 0 Å². The first kappa shape index (κ1) is 36.3. The van der Waals surface area contributed by atoms with Gasteiger partial charge >= 0.3 is 0 Å². The van der Waals surface area contributed by atoms with Gasteiger partial charge in [-0.25, -0.2) is 13.4 Å². The van der Waals surface area contributed by atoms with Crippen molar-refractivity contribution in [3.8, 4) is 5.75 Å². The topological polar surface area (TPSA) is 160 Å². The second kappa shape index (κ2) is 15.6. The third-order valence-electron chi connectivity index (χ3n) is 8.15. The van der Waals surface area contributed by atoms with E-state index in [1.54, 1.807) is 50.4 Å². The molecule has 2 N–H and O–H groups in total. The van der Waals surface area contributed by atoms with Crippen LogP contribution < -0.4 is 9.46 Å². The summed E-state index contributed by atoms with van der Waals surface area (Å²) in [5.74, 6) is -0.566. The van der Waals surface area contributed by atoms with Crippen LogP contribution in [0.25, 0.3) is 0 Å². The lowest BCUT2D eigenvalue weighted by Crippen LogP contribution is -2.48. The van der Waals surface area contributed by atoms with E-state index in [-0.39, 0.29) is 58.6 Å². The molecule has 13 nitrogen and oxygen atoms in total. The molecular formula is C32H45N5O8S2. The molecule has 2 aromatic carbocycles. The predicted molar refractivity (Wildman–Crippen MR) is 177 cm³/mol. The van der Waals surface area contributed by atoms with Crippen LogP contribution in [0.4, 0.5) is 5.69 Å². The number of sulfonamides is 2. The number of aliphatic hydroxyl groups excluding tert-OH is 1. The van der Waals surface area contributed by atoms with Crippen molar-refractivity contribution >= 4 is 31.6 Å². The van der Waals surface area contributed by atoms with E-state index in [1.165, 1.54) is 45.5 Å². The van der Waals surface area contributed by atoms with Crippen molar-refractivity contribution in [3.05, 3.63) is 66.6 Å². The number of nitrogens with one attached hydrogen (secondary N) is 1. The maximum absolute atomic E-state index is 14.3. The molecule has 0 unspecified atom stereocenters. The van der Waals surface area contributed by atoms with Crippen molar-refractivity contribution in [3.63, 3.8) is 0 Å². The summed E-state index contributed by atoms with van der Waals surface area (Å²) in [6.45, 7) is 5.67. The average molecular weight is 692 g/mol. The minimum Gasteiger partial charge on any atom is -0.490 e. The molecule has 0 aliphatic carbocycles. The van der Waals surface area contributed by atoms with Crippen molar-refractivity contribution < 1.29 is 36.2 Å². The van der Waals surface area contributed by atoms with Crippen molar-refractivity contribution in [1.82, 2.24) is 18.8 Å². The number of amides is 1. The molecule has 0 saturated carbocycles. The summed E-state index contributed by atoms with van der Waals surface area (Å²) in [5.41, 5.74) is 0.252. The number of hydrogen-bond acceptors (Lipinski definition) is 9. The van der Waals surface area contributed by atoms with Gasteiger partial charge in [-0.1, -0.05) is 25.1 Å². The van der Waals surface area contributed by atoms with E-state index in [0.717, 1.165) is 6.42 Å². The molecule has 1 aliphatic heterocycles. The number of aliphatic hydroxyl groups is 1. The van der Waals surface area contributed by atoms with E-state index < -0.39 is 38.1 Å². The molecule has 0 radical (unpaired) electrons. The molecular weight excluding hydrogens is 647 g/mol. The maximum Gasteiger partial charge on any atom is 0.280 e. The molecule has 4 atom stereocenters. The summed E-state index contributed by atoms with van der Waals surface area (Å²) in [7, 11) is -4.69. The van der Waals surface area contributed by atoms with Gasteiger partial charge in [0.25, 0.3) is 15.9 Å². The van der Waals surface area contributed by atoms with Crippen LogP contribution in [0.3, 0.4) is 0 Å². The van der Waals surface area contributed by atoms with Gasteiger partial charge in [0.1, 0.15) is 5.75 Å². The standard InChI is InChI=1S/C32H45N5O8S2/c1-23-18-37(24(2)21-38)32(39)28-17-26(34-46(40,41)31-20-35(4)22-33-31)14-15-29(28)45-25(3)11-9-10-16-44-30(23)19-36(5)47(42,43)27-12-7-6-8-13-27/h6-8,12-15,17,20,22-25,30,34,38H,9-11,16,18-19,21H2,1-5H3/t23-,24-,25+,30+/m1/s1. The summed E-state index contributed by atoms with van der Waals surface area (Å²) in [5, 5.41) is 10.0. The van der Waals surface area contributed by atoms with Crippen LogP contribution in [0.15, 0.2) is 71.0 Å². The van der Waals surface area contributed by atoms with Gasteiger partial charge < -0.3 is 24.0 Å². The minimum atomic E-state index is -4.05. The highest BCUT2D eigenvalue weighted by Gasteiger charge is 2.32. The van der Waals surface area contributed by atoms with Crippen LogP contribution in [-0.4, -0.2) is 98.2 Å². The van der Waals surface area contributed by atoms with Crippen LogP contribution in [0.5, 0.6) is 5.75 Å². The number of hydrogen-bond donors (Lipinski definition) is 2. The lowest BCUT2D eigenvalue weighted by Gasteiger charge is -2.35. The van der Waals surface area contributed by atoms with E-state index in [9.17, 15) is 26.7 Å². The van der Waals surface area contributed by atoms with Gasteiger partial charge in [0.05, 0.1) is 41.6 Å². The Balaban J connectivity index is 1.68. The number of rotatable bonds is 9. The SMILES string of the molecule is C[C@@H]1CN([C@H](C)CO)C(=O)c2cc(NS(=O)(=O)c3cn(C)cn3)ccc2O[C@@H](C)CCCCO[C@H]1CN(C)S(=O)(=O)c1ccccc1. The molecule has 0 fully saturated rings. The molecule has 0 saturated heterocycles. The highest BCUT2D eigenvalue weighted by atomic mass is 32.2. The number of carbonyl (C=O) groups is 1. The number of likely N-dealkylation sites (N-methyl/N-ethyl adjacent to an activating group) is 1. The number of carbonyl (C=O) groups excluding carboxylic acids is 1. The van der Waals surface area contributed by atoms with E-state index in [4.69, 9.17) is 9.47 Å². The summed E-state index contributed by atoms with van der Waals surface area (Å²) in [6, 6.07) is 12.0. The molecule has 0 bridgehead atoms. The Labute approximate surface area is 277 Å². The lowest BCUT2D eigenvalue weighted by atomic mass is 10.0. The maximum atomic E-state index is 14.3. The Morgan fingerprint density at radius 2 is 1.83 bits per heavy atom. The van der Waals surface area contributed by atoms with E-state index in [1.807, 2.05) is 13.8 Å². The van der Waals surface area contributed by atoms with Crippen molar-refractivity contribution in [2.75, 3.05) is 38.1 Å². The van der Waals surface area contributed by atoms with Gasteiger partial charge in [0.2, 0.25) is 10.0 Å². The van der Waals surface area contributed by atoms with E-state index in [0.29, 0.717) is 19.4 Å². The first-order valence-corrected chi connectivity index (χ1v) is 18.5. The Morgan fingerprint density at radius 1 is 1.11 bits per heavy atom. The number of anilines is 1. The van der Waals surface area contributed by atoms with E-state index >= 15 is 0 Å². The largest absolute Gasteiger partial charge is 0.490 e. The number of fused-ring (bicyclic) bond motifs is 1. The van der Waals surface area contributed by atoms with Crippen LogP contribution in [0, 0.1) is 5.92 Å². The van der Waals surface area contributed by atoms with Crippen molar-refractivity contribution in [1.29, 1.82) is 0 Å². The van der Waals surface area contributed by atoms with Gasteiger partial charge in [-0.05, 0) is 63.4 Å². The lowest BCUT2D eigenvalue weighted by molar-refractivity contribution is -0.00833. The third-order valence-corrected chi connectivity index (χ3v) is 11.3. The zero-order chi connectivity index (χ0) is 34.4. The normalized spacial score (nSPS) is 21.0. The Morgan fingerprint density at radius 3 is 2.49 bits per heavy atom. The average Bonchev–Trinajstić information content (AvgIpc) is 3.49. The predicted octanol–water partition coefficient (Wildman–Crippen LogP) is 3.34. The van der Waals surface area contributed by atoms with Crippen LogP contribution in [0.2, 0.25) is 0 Å². The van der Waals surface area contributed by atoms with Gasteiger partial charge in [-0.2, -0.15) is 12.7 Å². The number of aromatic nitrogens is 2. The van der Waals surface area contributed by atoms with Gasteiger partial charge in [-0.3, -0.25) is 9.52 Å². The number of aryl methyl sites for hydroxylation is 1. The minimum absolute atomic E-state index is 0.0451. The molecule has 47 heavy (non-hydrogen) atoms. The molecule has 2 heterocycles. The van der Waals surface area contributed by atoms with Crippen molar-refractivity contribution in [2.24, 2.45) is 13.0 Å². The first-order chi connectivity index (χ1) is 22.2. The van der Waals surface area contributed by atoms with Crippen molar-refractivity contribution in [2.45, 2.75) is 68.2 Å². The highest BCUT2D eigenvalue weighted by molar-refractivity contribution is 7.92. The smallest absolute Gasteiger partial charge is 0.280 e. The zero-order valence-electron chi connectivity index (χ0n) is 27.4. The van der Waals surface area contributed by atoms with Crippen LogP contribution >= 0.6 is 0 Å². The summed E-state index contributed by atoms with van der Waals surface area (Å²) in [6.07, 6.45) is 4.02. The third kappa shape index (κ3) is 9.11. The number of nitrogens with zero attached hydrogens (tertiary/aromatic N) is 4. The molecule has 0 spiro atoms. The fourth-order valence-electron chi connectivity index (χ4n) is 5.31. The number of benzene rings is 2. The monoisotopic (exact) mass is 691 g/mol. The molecule has 15 heteroatoms. The second-order valence-electron chi connectivity index (χ2n) is 12.1. The molecule has 1 amide bonds. The first-order valence-electron chi connectivity index (χ1n) is 15.6. The molecule has 3 aromatic rings. The highest BCUT2D eigenvalue weighted by Crippen LogP contribution is 2.29. The second-order valence-corrected chi connectivity index (χ2v) is 15.8. The Hall–Kier alpha value is -3.50. The van der Waals surface area contributed by atoms with Crippen LogP contribution in [-0.2, 0) is 31.8 Å². The fourth-order valence-corrected chi connectivity index (χ4v) is 7.54. The number of imidazole rings is 1. The summed E-state index contributed by atoms with van der Waals surface area (Å²) >= 11 is 0. The number of ether oxygens (including phenoxy) is 2. The Kier molecular flexibility index (Phi) is 12.1.